The van der Waals surface area contributed by atoms with E-state index >= 15 is 0 Å². The van der Waals surface area contributed by atoms with Crippen LogP contribution in [0.25, 0.3) is 0 Å². The average Bonchev–Trinajstić information content (AvgIpc) is 2.76. The summed E-state index contributed by atoms with van der Waals surface area (Å²) in [5.41, 5.74) is 9.91. The van der Waals surface area contributed by atoms with Gasteiger partial charge in [-0.15, -0.1) is 13.2 Å². The fourth-order valence-electron chi connectivity index (χ4n) is 3.40. The number of carboxylic acid groups (broad SMARTS) is 1. The second-order valence-electron chi connectivity index (χ2n) is 7.05. The first-order valence-corrected chi connectivity index (χ1v) is 9.81. The van der Waals surface area contributed by atoms with Crippen molar-refractivity contribution in [3.63, 3.8) is 0 Å². The first-order chi connectivity index (χ1) is 14.9. The van der Waals surface area contributed by atoms with E-state index in [0.29, 0.717) is 5.69 Å². The molecule has 0 aliphatic heterocycles. The number of nitrogens with two attached hydrogens (primary N) is 1. The van der Waals surface area contributed by atoms with Crippen LogP contribution in [0.15, 0.2) is 92.0 Å². The number of hydrogen-bond donors (Lipinski definition) is 2. The van der Waals surface area contributed by atoms with Crippen molar-refractivity contribution in [3.8, 4) is 0 Å². The van der Waals surface area contributed by atoms with Gasteiger partial charge in [-0.2, -0.15) is 0 Å². The van der Waals surface area contributed by atoms with E-state index in [-0.39, 0.29) is 11.1 Å². The first kappa shape index (κ1) is 21.6. The normalized spacial score (nSPS) is 10.3. The van der Waals surface area contributed by atoms with Gasteiger partial charge in [0.05, 0.1) is 11.1 Å². The van der Waals surface area contributed by atoms with Gasteiger partial charge in [0.15, 0.2) is 0 Å². The molecule has 156 valence electrons. The van der Waals surface area contributed by atoms with Gasteiger partial charge < -0.3 is 15.7 Å². The van der Waals surface area contributed by atoms with E-state index in [2.05, 4.69) is 13.2 Å². The molecule has 5 nitrogen and oxygen atoms in total. The Labute approximate surface area is 181 Å². The number of allylic oxidation sites excluding steroid dienone is 2. The molecule has 5 heteroatoms. The number of rotatable bonds is 9. The molecule has 0 fully saturated rings. The van der Waals surface area contributed by atoms with Gasteiger partial charge in [-0.3, -0.25) is 4.79 Å². The van der Waals surface area contributed by atoms with E-state index in [0.717, 1.165) is 35.3 Å². The Hall–Kier alpha value is -4.12. The molecule has 3 aromatic carbocycles. The summed E-state index contributed by atoms with van der Waals surface area (Å²) in [4.78, 5) is 25.4. The van der Waals surface area contributed by atoms with Crippen molar-refractivity contribution >= 4 is 28.9 Å². The summed E-state index contributed by atoms with van der Waals surface area (Å²) in [6, 6.07) is 20.5. The highest BCUT2D eigenvalue weighted by molar-refractivity contribution is 6.05. The van der Waals surface area contributed by atoms with E-state index in [9.17, 15) is 14.7 Å². The number of benzene rings is 3. The smallest absolute Gasteiger partial charge is 0.336 e. The summed E-state index contributed by atoms with van der Waals surface area (Å²) in [5, 5.41) is 9.40. The SMILES string of the molecule is C=CCc1ccc(N(c2ccc(CC=C)cc2)c2ccc(C(=O)O)c(C(N)=O)c2)cc1. The van der Waals surface area contributed by atoms with Crippen molar-refractivity contribution in [3.05, 3.63) is 114 Å². The summed E-state index contributed by atoms with van der Waals surface area (Å²) >= 11 is 0. The third-order valence-electron chi connectivity index (χ3n) is 4.91. The van der Waals surface area contributed by atoms with E-state index in [1.807, 2.05) is 65.6 Å². The summed E-state index contributed by atoms with van der Waals surface area (Å²) in [6.07, 6.45) is 5.20. The highest BCUT2D eigenvalue weighted by atomic mass is 16.4. The van der Waals surface area contributed by atoms with Gasteiger partial charge in [-0.25, -0.2) is 4.79 Å². The number of carboxylic acids is 1. The molecule has 3 N–H and O–H groups in total. The quantitative estimate of drug-likeness (QED) is 0.460. The maximum atomic E-state index is 11.9. The highest BCUT2D eigenvalue weighted by Gasteiger charge is 2.19. The largest absolute Gasteiger partial charge is 0.478 e. The monoisotopic (exact) mass is 412 g/mol. The maximum absolute atomic E-state index is 11.9. The lowest BCUT2D eigenvalue weighted by molar-refractivity contribution is 0.0692. The third-order valence-corrected chi connectivity index (χ3v) is 4.91. The van der Waals surface area contributed by atoms with Crippen LogP contribution in [-0.2, 0) is 12.8 Å². The minimum Gasteiger partial charge on any atom is -0.478 e. The summed E-state index contributed by atoms with van der Waals surface area (Å²) in [5.74, 6) is -1.99. The number of primary amides is 1. The predicted molar refractivity (Wildman–Crippen MR) is 124 cm³/mol. The molecule has 31 heavy (non-hydrogen) atoms. The minimum atomic E-state index is -1.20. The van der Waals surface area contributed by atoms with Gasteiger partial charge >= 0.3 is 5.97 Å². The van der Waals surface area contributed by atoms with Crippen LogP contribution in [0.5, 0.6) is 0 Å². The fraction of sp³-hybridized carbons (Fsp3) is 0.0769. The standard InChI is InChI=1S/C26H24N2O3/c1-3-5-18-7-11-20(12-8-18)28(21-13-9-19(6-4-2)10-14-21)22-15-16-23(26(30)31)24(17-22)25(27)29/h3-4,7-17H,1-2,5-6H2,(H2,27,29)(H,30,31). The van der Waals surface area contributed by atoms with Gasteiger partial charge in [0.1, 0.15) is 0 Å². The van der Waals surface area contributed by atoms with Crippen molar-refractivity contribution in [2.45, 2.75) is 12.8 Å². The molecular weight excluding hydrogens is 388 g/mol. The minimum absolute atomic E-state index is 0.0402. The molecule has 0 spiro atoms. The number of anilines is 3. The number of aromatic carboxylic acids is 1. The summed E-state index contributed by atoms with van der Waals surface area (Å²) in [7, 11) is 0. The van der Waals surface area contributed by atoms with E-state index in [1.165, 1.54) is 12.1 Å². The first-order valence-electron chi connectivity index (χ1n) is 9.81. The third kappa shape index (κ3) is 4.90. The summed E-state index contributed by atoms with van der Waals surface area (Å²) in [6.45, 7) is 7.54. The van der Waals surface area contributed by atoms with Gasteiger partial charge in [-0.1, -0.05) is 36.4 Å². The Morgan fingerprint density at radius 2 is 1.23 bits per heavy atom. The molecule has 3 aromatic rings. The maximum Gasteiger partial charge on any atom is 0.336 e. The number of nitrogens with zero attached hydrogens (tertiary/aromatic N) is 1. The summed E-state index contributed by atoms with van der Waals surface area (Å²) < 4.78 is 0. The molecule has 1 amide bonds. The second kappa shape index (κ2) is 9.59. The van der Waals surface area contributed by atoms with Crippen LogP contribution in [0.4, 0.5) is 17.1 Å². The van der Waals surface area contributed by atoms with Crippen LogP contribution in [0.1, 0.15) is 31.8 Å². The Morgan fingerprint density at radius 3 is 1.61 bits per heavy atom. The van der Waals surface area contributed by atoms with Gasteiger partial charge in [0, 0.05) is 17.1 Å². The lowest BCUT2D eigenvalue weighted by Crippen LogP contribution is -2.18. The highest BCUT2D eigenvalue weighted by Crippen LogP contribution is 2.35. The Balaban J connectivity index is 2.14. The molecule has 0 aliphatic rings. The van der Waals surface area contributed by atoms with E-state index < -0.39 is 11.9 Å². The Kier molecular flexibility index (Phi) is 6.67. The zero-order valence-electron chi connectivity index (χ0n) is 17.1. The van der Waals surface area contributed by atoms with Crippen molar-refractivity contribution in [2.24, 2.45) is 5.73 Å². The Bertz CT molecular complexity index is 1060. The molecule has 0 saturated carbocycles. The second-order valence-corrected chi connectivity index (χ2v) is 7.05. The number of hydrogen-bond acceptors (Lipinski definition) is 3. The molecule has 0 aromatic heterocycles. The van der Waals surface area contributed by atoms with Gasteiger partial charge in [0.25, 0.3) is 0 Å². The topological polar surface area (TPSA) is 83.6 Å². The zero-order chi connectivity index (χ0) is 22.4. The molecule has 0 radical (unpaired) electrons. The number of carbonyl (C=O) groups is 2. The van der Waals surface area contributed by atoms with Crippen molar-refractivity contribution in [1.82, 2.24) is 0 Å². The molecule has 0 aliphatic carbocycles. The van der Waals surface area contributed by atoms with Crippen molar-refractivity contribution in [2.75, 3.05) is 4.90 Å². The molecule has 3 rings (SSSR count). The van der Waals surface area contributed by atoms with Crippen LogP contribution in [0.2, 0.25) is 0 Å². The lowest BCUT2D eigenvalue weighted by atomic mass is 10.0. The molecule has 0 atom stereocenters. The predicted octanol–water partition coefficient (Wildman–Crippen LogP) is 5.41. The molecular formula is C26H24N2O3. The average molecular weight is 412 g/mol. The number of carbonyl (C=O) groups excluding carboxylic acids is 1. The van der Waals surface area contributed by atoms with Gasteiger partial charge in [-0.05, 0) is 66.4 Å². The van der Waals surface area contributed by atoms with Crippen LogP contribution in [0.3, 0.4) is 0 Å². The molecule has 0 saturated heterocycles. The zero-order valence-corrected chi connectivity index (χ0v) is 17.1. The molecule has 0 bridgehead atoms. The van der Waals surface area contributed by atoms with Gasteiger partial charge in [0.2, 0.25) is 5.91 Å². The molecule has 0 heterocycles. The van der Waals surface area contributed by atoms with Crippen molar-refractivity contribution in [1.29, 1.82) is 0 Å². The fourth-order valence-corrected chi connectivity index (χ4v) is 3.40. The van der Waals surface area contributed by atoms with Crippen LogP contribution >= 0.6 is 0 Å². The van der Waals surface area contributed by atoms with Crippen LogP contribution in [0, 0.1) is 0 Å². The van der Waals surface area contributed by atoms with E-state index in [1.54, 1.807) is 6.07 Å². The van der Waals surface area contributed by atoms with Crippen molar-refractivity contribution < 1.29 is 14.7 Å². The Morgan fingerprint density at radius 1 is 0.774 bits per heavy atom. The van der Waals surface area contributed by atoms with Crippen LogP contribution in [-0.4, -0.2) is 17.0 Å². The molecule has 0 unspecified atom stereocenters. The lowest BCUT2D eigenvalue weighted by Gasteiger charge is -2.26. The van der Waals surface area contributed by atoms with E-state index in [4.69, 9.17) is 5.73 Å². The van der Waals surface area contributed by atoms with Crippen LogP contribution < -0.4 is 10.6 Å². The number of amides is 1.